The second kappa shape index (κ2) is 8.38. The molecule has 0 aromatic heterocycles. The summed E-state index contributed by atoms with van der Waals surface area (Å²) in [7, 11) is 1.55. The zero-order valence-corrected chi connectivity index (χ0v) is 15.7. The second-order valence-electron chi connectivity index (χ2n) is 6.98. The van der Waals surface area contributed by atoms with Gasteiger partial charge in [-0.1, -0.05) is 48.5 Å². The van der Waals surface area contributed by atoms with Gasteiger partial charge in [-0.05, 0) is 12.1 Å². The highest BCUT2D eigenvalue weighted by Crippen LogP contribution is 2.33. The number of quaternary nitrogens is 1. The van der Waals surface area contributed by atoms with Crippen molar-refractivity contribution in [3.05, 3.63) is 71.8 Å². The van der Waals surface area contributed by atoms with E-state index in [-0.39, 0.29) is 24.2 Å². The standard InChI is InChI=1S/C21H24N2O5/c1-25-21-17(23-19(24)13-8-4-2-5-9-13)16(22)18-15(27-21)12-26-20(28-18)14-10-6-3-7-11-14/h2-11,15-18,20-21H,12,22H2,1H3,(H,23,24)/p+1/t15-,16-,17-,18-,20-,21-/m1/s1. The number of methoxy groups -OCH3 is 1. The van der Waals surface area contributed by atoms with Gasteiger partial charge >= 0.3 is 0 Å². The first kappa shape index (κ1) is 19.0. The molecular formula is C21H25N2O5+. The van der Waals surface area contributed by atoms with Crippen molar-refractivity contribution in [3.8, 4) is 0 Å². The van der Waals surface area contributed by atoms with Gasteiger partial charge in [0.05, 0.1) is 6.61 Å². The maximum Gasteiger partial charge on any atom is 0.251 e. The number of carbonyl (C=O) groups is 1. The summed E-state index contributed by atoms with van der Waals surface area (Å²) in [5.41, 5.74) is 5.79. The van der Waals surface area contributed by atoms with E-state index in [1.54, 1.807) is 19.2 Å². The predicted octanol–water partition coefficient (Wildman–Crippen LogP) is 0.881. The third-order valence-corrected chi connectivity index (χ3v) is 5.18. The summed E-state index contributed by atoms with van der Waals surface area (Å²) in [5, 5.41) is 3.00. The van der Waals surface area contributed by atoms with Gasteiger partial charge in [-0.15, -0.1) is 0 Å². The number of hydrogen-bond acceptors (Lipinski definition) is 5. The van der Waals surface area contributed by atoms with Crippen LogP contribution in [0.15, 0.2) is 60.7 Å². The third kappa shape index (κ3) is 3.80. The molecule has 2 aliphatic rings. The van der Waals surface area contributed by atoms with Crippen LogP contribution < -0.4 is 11.1 Å². The third-order valence-electron chi connectivity index (χ3n) is 5.18. The van der Waals surface area contributed by atoms with E-state index in [9.17, 15) is 4.79 Å². The number of amides is 1. The molecule has 0 spiro atoms. The maximum absolute atomic E-state index is 12.7. The number of nitrogens with one attached hydrogen (secondary N) is 1. The van der Waals surface area contributed by atoms with Gasteiger partial charge in [-0.2, -0.15) is 0 Å². The van der Waals surface area contributed by atoms with Crippen LogP contribution >= 0.6 is 0 Å². The first-order valence-electron chi connectivity index (χ1n) is 9.36. The zero-order valence-electron chi connectivity index (χ0n) is 15.7. The molecule has 4 rings (SSSR count). The molecule has 2 aromatic rings. The monoisotopic (exact) mass is 385 g/mol. The van der Waals surface area contributed by atoms with Crippen molar-refractivity contribution in [2.24, 2.45) is 0 Å². The van der Waals surface area contributed by atoms with Gasteiger partial charge in [0, 0.05) is 18.2 Å². The maximum atomic E-state index is 12.7. The summed E-state index contributed by atoms with van der Waals surface area (Å²) in [4.78, 5) is 12.7. The van der Waals surface area contributed by atoms with E-state index in [0.717, 1.165) is 5.56 Å². The van der Waals surface area contributed by atoms with E-state index in [4.69, 9.17) is 18.9 Å². The minimum Gasteiger partial charge on any atom is -0.354 e. The summed E-state index contributed by atoms with van der Waals surface area (Å²) in [5.74, 6) is -0.199. The minimum absolute atomic E-state index is 0.199. The summed E-state index contributed by atoms with van der Waals surface area (Å²) in [6.45, 7) is 0.370. The molecule has 28 heavy (non-hydrogen) atoms. The van der Waals surface area contributed by atoms with Gasteiger partial charge in [0.25, 0.3) is 5.91 Å². The molecular weight excluding hydrogens is 360 g/mol. The van der Waals surface area contributed by atoms with Gasteiger partial charge in [-0.3, -0.25) is 4.79 Å². The lowest BCUT2D eigenvalue weighted by Gasteiger charge is -2.46. The fraction of sp³-hybridized carbons (Fsp3) is 0.381. The molecule has 2 aromatic carbocycles. The molecule has 0 radical (unpaired) electrons. The Kier molecular flexibility index (Phi) is 5.70. The van der Waals surface area contributed by atoms with Crippen LogP contribution in [0, 0.1) is 0 Å². The van der Waals surface area contributed by atoms with Crippen LogP contribution in [0.4, 0.5) is 0 Å². The summed E-state index contributed by atoms with van der Waals surface area (Å²) in [6, 6.07) is 18.1. The van der Waals surface area contributed by atoms with Crippen molar-refractivity contribution in [3.63, 3.8) is 0 Å². The van der Waals surface area contributed by atoms with E-state index in [2.05, 4.69) is 11.1 Å². The van der Waals surface area contributed by atoms with E-state index in [0.29, 0.717) is 12.2 Å². The Labute approximate surface area is 163 Å². The van der Waals surface area contributed by atoms with Crippen LogP contribution in [0.5, 0.6) is 0 Å². The average Bonchev–Trinajstić information content (AvgIpc) is 2.76. The molecule has 4 N–H and O–H groups in total. The first-order chi connectivity index (χ1) is 13.7. The fourth-order valence-electron chi connectivity index (χ4n) is 3.69. The van der Waals surface area contributed by atoms with Crippen LogP contribution in [0.3, 0.4) is 0 Å². The minimum atomic E-state index is -0.628. The molecule has 148 valence electrons. The summed E-state index contributed by atoms with van der Waals surface area (Å²) in [6.07, 6.45) is -1.75. The van der Waals surface area contributed by atoms with Crippen molar-refractivity contribution in [2.45, 2.75) is 36.9 Å². The molecule has 2 saturated heterocycles. The van der Waals surface area contributed by atoms with Gasteiger partial charge in [0.2, 0.25) is 0 Å². The summed E-state index contributed by atoms with van der Waals surface area (Å²) >= 11 is 0. The Balaban J connectivity index is 1.50. The highest BCUT2D eigenvalue weighted by Gasteiger charge is 2.51. The zero-order chi connectivity index (χ0) is 19.5. The van der Waals surface area contributed by atoms with Crippen LogP contribution in [0.2, 0.25) is 0 Å². The lowest BCUT2D eigenvalue weighted by atomic mass is 9.93. The molecule has 1 amide bonds. The molecule has 0 saturated carbocycles. The molecule has 2 heterocycles. The van der Waals surface area contributed by atoms with E-state index < -0.39 is 18.6 Å². The largest absolute Gasteiger partial charge is 0.354 e. The van der Waals surface area contributed by atoms with Crippen molar-refractivity contribution in [1.82, 2.24) is 5.32 Å². The molecule has 2 fully saturated rings. The van der Waals surface area contributed by atoms with Crippen LogP contribution in [0.1, 0.15) is 22.2 Å². The number of ether oxygens (including phenoxy) is 4. The van der Waals surface area contributed by atoms with Crippen LogP contribution in [0.25, 0.3) is 0 Å². The molecule has 0 bridgehead atoms. The number of hydrogen-bond donors (Lipinski definition) is 2. The van der Waals surface area contributed by atoms with E-state index in [1.807, 2.05) is 48.5 Å². The van der Waals surface area contributed by atoms with Crippen molar-refractivity contribution in [1.29, 1.82) is 0 Å². The van der Waals surface area contributed by atoms with Crippen LogP contribution in [-0.2, 0) is 18.9 Å². The first-order valence-corrected chi connectivity index (χ1v) is 9.36. The smallest absolute Gasteiger partial charge is 0.251 e. The molecule has 7 heteroatoms. The average molecular weight is 385 g/mol. The Morgan fingerprint density at radius 1 is 1.07 bits per heavy atom. The molecule has 2 aliphatic heterocycles. The molecule has 0 unspecified atom stereocenters. The lowest BCUT2D eigenvalue weighted by Crippen LogP contribution is -2.82. The molecule has 6 atom stereocenters. The van der Waals surface area contributed by atoms with Crippen molar-refractivity contribution in [2.75, 3.05) is 13.7 Å². The lowest BCUT2D eigenvalue weighted by molar-refractivity contribution is -0.490. The van der Waals surface area contributed by atoms with Crippen LogP contribution in [-0.4, -0.2) is 50.2 Å². The van der Waals surface area contributed by atoms with Gasteiger partial charge in [-0.25, -0.2) is 0 Å². The SMILES string of the molecule is CO[C@@H]1O[C@@H]2CO[C@@H](c3ccccc3)O[C@H]2[C@H]([NH3+])[C@H]1NC(=O)c1ccccc1. The highest BCUT2D eigenvalue weighted by molar-refractivity contribution is 5.94. The van der Waals surface area contributed by atoms with Gasteiger partial charge in [0.15, 0.2) is 12.6 Å². The number of fused-ring (bicyclic) bond motifs is 1. The molecule has 7 nitrogen and oxygen atoms in total. The molecule has 0 aliphatic carbocycles. The van der Waals surface area contributed by atoms with E-state index >= 15 is 0 Å². The number of rotatable bonds is 4. The van der Waals surface area contributed by atoms with Gasteiger partial charge < -0.3 is 30.0 Å². The highest BCUT2D eigenvalue weighted by atomic mass is 16.7. The predicted molar refractivity (Wildman–Crippen MR) is 100 cm³/mol. The Bertz CT molecular complexity index is 788. The number of benzene rings is 2. The van der Waals surface area contributed by atoms with Crippen molar-refractivity contribution >= 4 is 5.91 Å². The van der Waals surface area contributed by atoms with Crippen molar-refractivity contribution < 1.29 is 29.5 Å². The summed E-state index contributed by atoms with van der Waals surface area (Å²) < 4.78 is 23.5. The fourth-order valence-corrected chi connectivity index (χ4v) is 3.69. The Morgan fingerprint density at radius 3 is 2.43 bits per heavy atom. The number of carbonyl (C=O) groups excluding carboxylic acids is 1. The topological polar surface area (TPSA) is 93.7 Å². The van der Waals surface area contributed by atoms with E-state index in [1.165, 1.54) is 0 Å². The normalized spacial score (nSPS) is 32.4. The Morgan fingerprint density at radius 2 is 1.75 bits per heavy atom. The Hall–Kier alpha value is -2.29. The van der Waals surface area contributed by atoms with Gasteiger partial charge in [0.1, 0.15) is 24.3 Å². The second-order valence-corrected chi connectivity index (χ2v) is 6.98. The quantitative estimate of drug-likeness (QED) is 0.815.